The summed E-state index contributed by atoms with van der Waals surface area (Å²) >= 11 is 0. The highest BCUT2D eigenvalue weighted by Gasteiger charge is 2.49. The van der Waals surface area contributed by atoms with Crippen LogP contribution in [-0.2, 0) is 4.79 Å². The lowest BCUT2D eigenvalue weighted by molar-refractivity contribution is -0.118. The number of carbonyl (C=O) groups is 2. The first kappa shape index (κ1) is 14.1. The number of aliphatic hydroxyl groups is 1. The molecule has 1 amide bonds. The summed E-state index contributed by atoms with van der Waals surface area (Å²) in [6, 6.07) is 5.54. The van der Waals surface area contributed by atoms with Gasteiger partial charge in [0.25, 0.3) is 5.91 Å². The number of fused-ring (bicyclic) bond motifs is 2. The van der Waals surface area contributed by atoms with Gasteiger partial charge in [0, 0.05) is 12.1 Å². The maximum atomic E-state index is 11.9. The van der Waals surface area contributed by atoms with Crippen molar-refractivity contribution in [2.45, 2.75) is 31.3 Å². The molecule has 1 aromatic carbocycles. The quantitative estimate of drug-likeness (QED) is 0.575. The van der Waals surface area contributed by atoms with E-state index >= 15 is 0 Å². The molecule has 0 heterocycles. The van der Waals surface area contributed by atoms with Gasteiger partial charge in [-0.25, -0.2) is 0 Å². The summed E-state index contributed by atoms with van der Waals surface area (Å²) in [5.41, 5.74) is -0.626. The second-order valence-corrected chi connectivity index (χ2v) is 6.24. The van der Waals surface area contributed by atoms with Crippen LogP contribution in [0.25, 0.3) is 0 Å². The normalized spacial score (nSPS) is 30.3. The van der Waals surface area contributed by atoms with Crippen molar-refractivity contribution in [1.29, 1.82) is 0 Å². The fraction of sp³-hybridized carbons (Fsp3) is 0.500. The summed E-state index contributed by atoms with van der Waals surface area (Å²) in [7, 11) is 0. The molecule has 5 nitrogen and oxygen atoms in total. The predicted molar refractivity (Wildman–Crippen MR) is 75.8 cm³/mol. The number of carbonyl (C=O) groups excluding carboxylic acids is 2. The van der Waals surface area contributed by atoms with Crippen molar-refractivity contribution in [2.24, 2.45) is 11.8 Å². The fourth-order valence-electron chi connectivity index (χ4n) is 3.69. The van der Waals surface area contributed by atoms with Gasteiger partial charge >= 0.3 is 0 Å². The number of phenols is 1. The Morgan fingerprint density at radius 1 is 1.24 bits per heavy atom. The van der Waals surface area contributed by atoms with E-state index in [4.69, 9.17) is 0 Å². The number of hydrogen-bond acceptors (Lipinski definition) is 4. The molecular formula is C16H19NO4. The molecule has 3 rings (SSSR count). The molecule has 3 N–H and O–H groups in total. The number of Topliss-reactive ketones (excluding diaryl/α,β-unsaturated/α-hetero) is 1. The van der Waals surface area contributed by atoms with E-state index in [2.05, 4.69) is 5.32 Å². The van der Waals surface area contributed by atoms with E-state index < -0.39 is 17.3 Å². The highest BCUT2D eigenvalue weighted by atomic mass is 16.3. The summed E-state index contributed by atoms with van der Waals surface area (Å²) in [6.07, 6.45) is 3.90. The van der Waals surface area contributed by atoms with E-state index in [0.29, 0.717) is 12.3 Å². The molecule has 2 aliphatic rings. The van der Waals surface area contributed by atoms with Gasteiger partial charge in [0.15, 0.2) is 0 Å². The first-order chi connectivity index (χ1) is 9.98. The molecule has 3 atom stereocenters. The molecule has 0 spiro atoms. The molecule has 2 aliphatic carbocycles. The minimum atomic E-state index is -0.853. The highest BCUT2D eigenvalue weighted by Crippen LogP contribution is 2.50. The SMILES string of the molecule is O=C(NC[C@@]1(O)C[C@H]2CC[C@@H]1C2)C(=O)c1ccc(O)cc1. The minimum absolute atomic E-state index is 0.0447. The molecular weight excluding hydrogens is 270 g/mol. The molecule has 1 aromatic rings. The van der Waals surface area contributed by atoms with Crippen LogP contribution in [0.5, 0.6) is 5.75 Å². The van der Waals surface area contributed by atoms with Crippen LogP contribution in [0.1, 0.15) is 36.0 Å². The van der Waals surface area contributed by atoms with Gasteiger partial charge in [0.1, 0.15) is 5.75 Å². The van der Waals surface area contributed by atoms with Crippen molar-refractivity contribution < 1.29 is 19.8 Å². The number of rotatable bonds is 4. The summed E-state index contributed by atoms with van der Waals surface area (Å²) in [4.78, 5) is 23.8. The maximum Gasteiger partial charge on any atom is 0.292 e. The minimum Gasteiger partial charge on any atom is -0.508 e. The average Bonchev–Trinajstić information content (AvgIpc) is 3.05. The van der Waals surface area contributed by atoms with Crippen molar-refractivity contribution in [2.75, 3.05) is 6.54 Å². The van der Waals surface area contributed by atoms with Crippen LogP contribution < -0.4 is 5.32 Å². The fourth-order valence-corrected chi connectivity index (χ4v) is 3.69. The smallest absolute Gasteiger partial charge is 0.292 e. The Morgan fingerprint density at radius 2 is 1.95 bits per heavy atom. The second kappa shape index (κ2) is 5.15. The zero-order valence-corrected chi connectivity index (χ0v) is 11.7. The second-order valence-electron chi connectivity index (χ2n) is 6.24. The molecule has 2 saturated carbocycles. The van der Waals surface area contributed by atoms with Crippen molar-refractivity contribution in [3.05, 3.63) is 29.8 Å². The van der Waals surface area contributed by atoms with Gasteiger partial charge in [-0.05, 0) is 61.8 Å². The first-order valence-electron chi connectivity index (χ1n) is 7.32. The summed E-state index contributed by atoms with van der Waals surface area (Å²) in [6.45, 7) is 0.136. The lowest BCUT2D eigenvalue weighted by atomic mass is 9.84. The standard InChI is InChI=1S/C16H19NO4/c18-13-5-2-11(3-6-13)14(19)15(20)17-9-16(21)8-10-1-4-12(16)7-10/h2-3,5-6,10,12,18,21H,1,4,7-9H2,(H,17,20)/t10-,12+,16-/m0/s1. The predicted octanol–water partition coefficient (Wildman–Crippen LogP) is 1.24. The Hall–Kier alpha value is -1.88. The Labute approximate surface area is 123 Å². The molecule has 112 valence electrons. The van der Waals surface area contributed by atoms with Gasteiger partial charge < -0.3 is 15.5 Å². The van der Waals surface area contributed by atoms with Crippen LogP contribution in [0.2, 0.25) is 0 Å². The summed E-state index contributed by atoms with van der Waals surface area (Å²) in [5.74, 6) is -0.516. The van der Waals surface area contributed by atoms with Gasteiger partial charge in [0.2, 0.25) is 5.78 Å². The number of benzene rings is 1. The van der Waals surface area contributed by atoms with Crippen molar-refractivity contribution in [3.8, 4) is 5.75 Å². The van der Waals surface area contributed by atoms with E-state index in [1.165, 1.54) is 24.3 Å². The maximum absolute atomic E-state index is 11.9. The molecule has 2 fully saturated rings. The molecule has 2 bridgehead atoms. The molecule has 5 heteroatoms. The molecule has 0 aliphatic heterocycles. The van der Waals surface area contributed by atoms with Crippen molar-refractivity contribution >= 4 is 11.7 Å². The number of phenolic OH excluding ortho intramolecular Hbond substituents is 1. The lowest BCUT2D eigenvalue weighted by Crippen LogP contribution is -2.48. The third kappa shape index (κ3) is 2.65. The van der Waals surface area contributed by atoms with E-state index in [1.54, 1.807) is 0 Å². The third-order valence-corrected chi connectivity index (χ3v) is 4.83. The number of nitrogens with one attached hydrogen (secondary N) is 1. The third-order valence-electron chi connectivity index (χ3n) is 4.83. The van der Waals surface area contributed by atoms with Crippen LogP contribution in [-0.4, -0.2) is 34.0 Å². The first-order valence-corrected chi connectivity index (χ1v) is 7.32. The number of amides is 1. The zero-order chi connectivity index (χ0) is 15.0. The van der Waals surface area contributed by atoms with Gasteiger partial charge in [-0.3, -0.25) is 9.59 Å². The van der Waals surface area contributed by atoms with Crippen molar-refractivity contribution in [3.63, 3.8) is 0 Å². The van der Waals surface area contributed by atoms with Crippen molar-refractivity contribution in [1.82, 2.24) is 5.32 Å². The molecule has 0 aromatic heterocycles. The largest absolute Gasteiger partial charge is 0.508 e. The summed E-state index contributed by atoms with van der Waals surface area (Å²) < 4.78 is 0. The molecule has 21 heavy (non-hydrogen) atoms. The Balaban J connectivity index is 1.59. The van der Waals surface area contributed by atoms with Crippen LogP contribution in [0.4, 0.5) is 0 Å². The monoisotopic (exact) mass is 289 g/mol. The van der Waals surface area contributed by atoms with Crippen LogP contribution in [0.15, 0.2) is 24.3 Å². The lowest BCUT2D eigenvalue weighted by Gasteiger charge is -2.32. The topological polar surface area (TPSA) is 86.6 Å². The van der Waals surface area contributed by atoms with E-state index in [0.717, 1.165) is 19.3 Å². The number of aromatic hydroxyl groups is 1. The van der Waals surface area contributed by atoms with Crippen LogP contribution >= 0.6 is 0 Å². The molecule has 0 unspecified atom stereocenters. The average molecular weight is 289 g/mol. The van der Waals surface area contributed by atoms with Gasteiger partial charge in [-0.2, -0.15) is 0 Å². The molecule has 0 radical (unpaired) electrons. The van der Waals surface area contributed by atoms with Gasteiger partial charge in [-0.15, -0.1) is 0 Å². The van der Waals surface area contributed by atoms with Gasteiger partial charge in [-0.1, -0.05) is 0 Å². The van der Waals surface area contributed by atoms with E-state index in [-0.39, 0.29) is 23.8 Å². The Morgan fingerprint density at radius 3 is 2.52 bits per heavy atom. The summed E-state index contributed by atoms with van der Waals surface area (Å²) in [5, 5.41) is 22.3. The highest BCUT2D eigenvalue weighted by molar-refractivity contribution is 6.42. The van der Waals surface area contributed by atoms with Crippen LogP contribution in [0, 0.1) is 11.8 Å². The number of ketones is 1. The Kier molecular flexibility index (Phi) is 3.45. The van der Waals surface area contributed by atoms with E-state index in [1.807, 2.05) is 0 Å². The molecule has 0 saturated heterocycles. The number of hydrogen-bond donors (Lipinski definition) is 3. The Bertz CT molecular complexity index is 568. The van der Waals surface area contributed by atoms with Crippen LogP contribution in [0.3, 0.4) is 0 Å². The van der Waals surface area contributed by atoms with E-state index in [9.17, 15) is 19.8 Å². The zero-order valence-electron chi connectivity index (χ0n) is 11.7. The van der Waals surface area contributed by atoms with Gasteiger partial charge in [0.05, 0.1) is 5.60 Å².